The zero-order chi connectivity index (χ0) is 10.5. The van der Waals surface area contributed by atoms with Crippen LogP contribution in [0.1, 0.15) is 51.9 Å². The molecule has 2 rings (SSSR count). The average molecular weight is 210 g/mol. The van der Waals surface area contributed by atoms with Gasteiger partial charge in [0.2, 0.25) is 0 Å². The normalized spacial score (nSPS) is 32.2. The Hall–Kier alpha value is -0.0151. The minimum atomic E-state index is 0.132. The summed E-state index contributed by atoms with van der Waals surface area (Å²) in [6.07, 6.45) is 9.56. The second-order valence-corrected chi connectivity index (χ2v) is 4.96. The van der Waals surface area contributed by atoms with Crippen LogP contribution in [0, 0.1) is 5.92 Å². The van der Waals surface area contributed by atoms with E-state index in [1.807, 2.05) is 0 Å². The lowest BCUT2D eigenvalue weighted by atomic mass is 9.58. The molecule has 86 valence electrons. The SMILES string of the molecule is CCCC[C@H]1CCCC[C@@H]1B1OCCO1. The van der Waals surface area contributed by atoms with Crippen LogP contribution in [0.2, 0.25) is 5.82 Å². The predicted molar refractivity (Wildman–Crippen MR) is 62.9 cm³/mol. The molecule has 0 bridgehead atoms. The minimum absolute atomic E-state index is 0.132. The van der Waals surface area contributed by atoms with Crippen molar-refractivity contribution in [3.8, 4) is 0 Å². The molecule has 0 radical (unpaired) electrons. The second kappa shape index (κ2) is 5.90. The zero-order valence-corrected chi connectivity index (χ0v) is 9.91. The van der Waals surface area contributed by atoms with E-state index >= 15 is 0 Å². The van der Waals surface area contributed by atoms with Gasteiger partial charge in [0.05, 0.1) is 13.2 Å². The molecule has 0 unspecified atom stereocenters. The molecule has 1 saturated carbocycles. The van der Waals surface area contributed by atoms with Crippen molar-refractivity contribution >= 4 is 7.12 Å². The van der Waals surface area contributed by atoms with Crippen molar-refractivity contribution in [1.29, 1.82) is 0 Å². The molecule has 3 heteroatoms. The third-order valence-corrected chi connectivity index (χ3v) is 3.89. The Labute approximate surface area is 93.9 Å². The summed E-state index contributed by atoms with van der Waals surface area (Å²) in [4.78, 5) is 0. The number of hydrogen-bond donors (Lipinski definition) is 0. The van der Waals surface area contributed by atoms with Crippen molar-refractivity contribution in [2.24, 2.45) is 5.92 Å². The Balaban J connectivity index is 1.86. The van der Waals surface area contributed by atoms with Gasteiger partial charge in [-0.25, -0.2) is 0 Å². The molecule has 2 fully saturated rings. The molecule has 15 heavy (non-hydrogen) atoms. The largest absolute Gasteiger partial charge is 0.460 e. The molecule has 2 nitrogen and oxygen atoms in total. The topological polar surface area (TPSA) is 18.5 Å². The maximum Gasteiger partial charge on any atom is 0.460 e. The molecule has 0 spiro atoms. The first-order valence-electron chi connectivity index (χ1n) is 6.65. The van der Waals surface area contributed by atoms with Gasteiger partial charge in [-0.05, 0) is 11.7 Å². The summed E-state index contributed by atoms with van der Waals surface area (Å²) in [5.41, 5.74) is 0. The van der Waals surface area contributed by atoms with Gasteiger partial charge in [0, 0.05) is 0 Å². The molecule has 2 aliphatic rings. The van der Waals surface area contributed by atoms with Gasteiger partial charge in [-0.15, -0.1) is 0 Å². The highest BCUT2D eigenvalue weighted by molar-refractivity contribution is 6.47. The Morgan fingerprint density at radius 1 is 1.13 bits per heavy atom. The molecular weight excluding hydrogens is 187 g/mol. The van der Waals surface area contributed by atoms with Crippen molar-refractivity contribution in [2.75, 3.05) is 13.2 Å². The minimum Gasteiger partial charge on any atom is -0.409 e. The lowest BCUT2D eigenvalue weighted by Crippen LogP contribution is -2.30. The molecule has 0 aromatic heterocycles. The maximum atomic E-state index is 5.68. The van der Waals surface area contributed by atoms with Crippen LogP contribution in [-0.2, 0) is 9.31 Å². The fourth-order valence-electron chi connectivity index (χ4n) is 3.04. The first-order valence-corrected chi connectivity index (χ1v) is 6.65. The standard InChI is InChI=1S/C12H23BO2/c1-2-3-6-11-7-4-5-8-12(11)13-14-9-10-15-13/h11-12H,2-10H2,1H3/t11-,12-/m0/s1. The molecule has 1 aliphatic heterocycles. The van der Waals surface area contributed by atoms with Crippen LogP contribution in [0.15, 0.2) is 0 Å². The van der Waals surface area contributed by atoms with Crippen LogP contribution in [0.3, 0.4) is 0 Å². The first kappa shape index (κ1) is 11.5. The highest BCUT2D eigenvalue weighted by atomic mass is 16.6. The van der Waals surface area contributed by atoms with E-state index in [4.69, 9.17) is 9.31 Å². The first-order chi connectivity index (χ1) is 7.42. The van der Waals surface area contributed by atoms with Crippen LogP contribution >= 0.6 is 0 Å². The predicted octanol–water partition coefficient (Wildman–Crippen LogP) is 3.27. The Morgan fingerprint density at radius 2 is 1.87 bits per heavy atom. The van der Waals surface area contributed by atoms with Gasteiger partial charge in [-0.1, -0.05) is 51.9 Å². The van der Waals surface area contributed by atoms with E-state index < -0.39 is 0 Å². The van der Waals surface area contributed by atoms with E-state index in [1.165, 1.54) is 44.9 Å². The summed E-state index contributed by atoms with van der Waals surface area (Å²) in [7, 11) is 0.132. The van der Waals surface area contributed by atoms with Gasteiger partial charge < -0.3 is 9.31 Å². The average Bonchev–Trinajstić information content (AvgIpc) is 2.80. The van der Waals surface area contributed by atoms with Gasteiger partial charge >= 0.3 is 7.12 Å². The van der Waals surface area contributed by atoms with E-state index in [1.54, 1.807) is 0 Å². The molecule has 0 N–H and O–H groups in total. The molecular formula is C12H23BO2. The molecule has 0 aromatic rings. The van der Waals surface area contributed by atoms with Crippen molar-refractivity contribution in [1.82, 2.24) is 0 Å². The quantitative estimate of drug-likeness (QED) is 0.663. The van der Waals surface area contributed by atoms with Crippen LogP contribution in [0.5, 0.6) is 0 Å². The van der Waals surface area contributed by atoms with Gasteiger partial charge in [0.1, 0.15) is 0 Å². The monoisotopic (exact) mass is 210 g/mol. The van der Waals surface area contributed by atoms with E-state index in [0.29, 0.717) is 5.82 Å². The van der Waals surface area contributed by atoms with Gasteiger partial charge in [0.25, 0.3) is 0 Å². The Bertz CT molecular complexity index is 180. The highest BCUT2D eigenvalue weighted by Gasteiger charge is 2.39. The third-order valence-electron chi connectivity index (χ3n) is 3.89. The van der Waals surface area contributed by atoms with Crippen molar-refractivity contribution < 1.29 is 9.31 Å². The maximum absolute atomic E-state index is 5.68. The van der Waals surface area contributed by atoms with Crippen molar-refractivity contribution in [3.05, 3.63) is 0 Å². The summed E-state index contributed by atoms with van der Waals surface area (Å²) in [5.74, 6) is 1.55. The lowest BCUT2D eigenvalue weighted by molar-refractivity contribution is 0.265. The Morgan fingerprint density at radius 3 is 2.60 bits per heavy atom. The summed E-state index contributed by atoms with van der Waals surface area (Å²) >= 11 is 0. The van der Waals surface area contributed by atoms with Gasteiger partial charge in [0.15, 0.2) is 0 Å². The van der Waals surface area contributed by atoms with Crippen LogP contribution in [-0.4, -0.2) is 20.3 Å². The second-order valence-electron chi connectivity index (χ2n) is 4.96. The summed E-state index contributed by atoms with van der Waals surface area (Å²) in [6, 6.07) is 0. The molecule has 0 aromatic carbocycles. The number of hydrogen-bond acceptors (Lipinski definition) is 2. The number of rotatable bonds is 4. The summed E-state index contributed by atoms with van der Waals surface area (Å²) in [5, 5.41) is 0. The highest BCUT2D eigenvalue weighted by Crippen LogP contribution is 2.40. The Kier molecular flexibility index (Phi) is 4.51. The van der Waals surface area contributed by atoms with E-state index in [-0.39, 0.29) is 7.12 Å². The lowest BCUT2D eigenvalue weighted by Gasteiger charge is -2.32. The fraction of sp³-hybridized carbons (Fsp3) is 1.00. The van der Waals surface area contributed by atoms with E-state index in [9.17, 15) is 0 Å². The van der Waals surface area contributed by atoms with Crippen molar-refractivity contribution in [3.63, 3.8) is 0 Å². The molecule has 0 amide bonds. The molecule has 1 aliphatic carbocycles. The molecule has 1 heterocycles. The van der Waals surface area contributed by atoms with Crippen LogP contribution in [0.4, 0.5) is 0 Å². The summed E-state index contributed by atoms with van der Waals surface area (Å²) in [6.45, 7) is 3.89. The number of unbranched alkanes of at least 4 members (excludes halogenated alkanes) is 1. The van der Waals surface area contributed by atoms with Gasteiger partial charge in [-0.3, -0.25) is 0 Å². The molecule has 2 atom stereocenters. The van der Waals surface area contributed by atoms with Crippen molar-refractivity contribution in [2.45, 2.75) is 57.7 Å². The van der Waals surface area contributed by atoms with Gasteiger partial charge in [-0.2, -0.15) is 0 Å². The molecule has 1 saturated heterocycles. The van der Waals surface area contributed by atoms with Crippen LogP contribution in [0.25, 0.3) is 0 Å². The summed E-state index contributed by atoms with van der Waals surface area (Å²) < 4.78 is 11.4. The van der Waals surface area contributed by atoms with E-state index in [2.05, 4.69) is 6.92 Å². The zero-order valence-electron chi connectivity index (χ0n) is 9.91. The van der Waals surface area contributed by atoms with Crippen LogP contribution < -0.4 is 0 Å². The third kappa shape index (κ3) is 2.98. The van der Waals surface area contributed by atoms with E-state index in [0.717, 1.165) is 19.1 Å². The fourth-order valence-corrected chi connectivity index (χ4v) is 3.04. The smallest absolute Gasteiger partial charge is 0.409 e.